The van der Waals surface area contributed by atoms with E-state index < -0.39 is 0 Å². The average molecular weight is 375 g/mol. The van der Waals surface area contributed by atoms with Crippen LogP contribution in [0.5, 0.6) is 0 Å². The number of rotatable bonds is 4. The van der Waals surface area contributed by atoms with Gasteiger partial charge < -0.3 is 19.9 Å². The first-order chi connectivity index (χ1) is 13.1. The standard InChI is InChI=1S/C19H29N5O3/c1-3-27-19(26)23-11-8-15(9-12-23)20-17-7-6-16(21-22-17)18(25)24-10-4-5-14(2)13-24/h6-7,14-15H,3-5,8-13H2,1-2H3,(H,20,22). The number of amides is 2. The number of anilines is 1. The Kier molecular flexibility index (Phi) is 6.47. The summed E-state index contributed by atoms with van der Waals surface area (Å²) >= 11 is 0. The van der Waals surface area contributed by atoms with Gasteiger partial charge in [0.2, 0.25) is 0 Å². The molecule has 2 fully saturated rings. The second kappa shape index (κ2) is 9.01. The predicted molar refractivity (Wildman–Crippen MR) is 102 cm³/mol. The fourth-order valence-corrected chi connectivity index (χ4v) is 3.69. The summed E-state index contributed by atoms with van der Waals surface area (Å²) in [6, 6.07) is 3.78. The van der Waals surface area contributed by atoms with Gasteiger partial charge in [0.15, 0.2) is 5.69 Å². The molecule has 0 radical (unpaired) electrons. The Hall–Kier alpha value is -2.38. The summed E-state index contributed by atoms with van der Waals surface area (Å²) < 4.78 is 5.04. The maximum Gasteiger partial charge on any atom is 0.409 e. The highest BCUT2D eigenvalue weighted by Crippen LogP contribution is 2.18. The topological polar surface area (TPSA) is 87.7 Å². The number of aromatic nitrogens is 2. The Morgan fingerprint density at radius 2 is 1.93 bits per heavy atom. The lowest BCUT2D eigenvalue weighted by molar-refractivity contribution is 0.0676. The fourth-order valence-electron chi connectivity index (χ4n) is 3.69. The summed E-state index contributed by atoms with van der Waals surface area (Å²) in [6.45, 7) is 7.29. The van der Waals surface area contributed by atoms with Crippen LogP contribution in [0.25, 0.3) is 0 Å². The van der Waals surface area contributed by atoms with Gasteiger partial charge in [0.25, 0.3) is 5.91 Å². The molecule has 0 spiro atoms. The van der Waals surface area contributed by atoms with E-state index in [4.69, 9.17) is 4.74 Å². The van der Waals surface area contributed by atoms with Gasteiger partial charge in [0.05, 0.1) is 6.61 Å². The van der Waals surface area contributed by atoms with Crippen LogP contribution in [0.1, 0.15) is 50.0 Å². The van der Waals surface area contributed by atoms with Crippen LogP contribution in [-0.2, 0) is 4.74 Å². The highest BCUT2D eigenvalue weighted by atomic mass is 16.6. The second-order valence-corrected chi connectivity index (χ2v) is 7.41. The molecule has 148 valence electrons. The molecule has 8 heteroatoms. The lowest BCUT2D eigenvalue weighted by Crippen LogP contribution is -2.42. The molecule has 1 aromatic rings. The van der Waals surface area contributed by atoms with Crippen molar-refractivity contribution in [3.63, 3.8) is 0 Å². The van der Waals surface area contributed by atoms with Crippen LogP contribution >= 0.6 is 0 Å². The van der Waals surface area contributed by atoms with Crippen LogP contribution in [0.3, 0.4) is 0 Å². The van der Waals surface area contributed by atoms with E-state index in [1.165, 1.54) is 6.42 Å². The summed E-state index contributed by atoms with van der Waals surface area (Å²) in [5.74, 6) is 1.16. The lowest BCUT2D eigenvalue weighted by Gasteiger charge is -2.32. The molecule has 2 aliphatic rings. The van der Waals surface area contributed by atoms with E-state index in [2.05, 4.69) is 22.4 Å². The molecule has 0 saturated carbocycles. The number of nitrogens with one attached hydrogen (secondary N) is 1. The van der Waals surface area contributed by atoms with Crippen molar-refractivity contribution in [2.45, 2.75) is 45.6 Å². The molecule has 1 unspecified atom stereocenters. The molecule has 8 nitrogen and oxygen atoms in total. The number of carbonyl (C=O) groups excluding carboxylic acids is 2. The molecule has 0 aliphatic carbocycles. The monoisotopic (exact) mass is 375 g/mol. The van der Waals surface area contributed by atoms with Gasteiger partial charge in [-0.1, -0.05) is 6.92 Å². The van der Waals surface area contributed by atoms with Gasteiger partial charge in [0.1, 0.15) is 5.82 Å². The maximum atomic E-state index is 12.6. The van der Waals surface area contributed by atoms with E-state index in [9.17, 15) is 9.59 Å². The van der Waals surface area contributed by atoms with Crippen molar-refractivity contribution in [3.05, 3.63) is 17.8 Å². The molecule has 3 rings (SSSR count). The van der Waals surface area contributed by atoms with E-state index in [0.29, 0.717) is 37.1 Å². The zero-order chi connectivity index (χ0) is 19.2. The van der Waals surface area contributed by atoms with Crippen LogP contribution in [0, 0.1) is 5.92 Å². The van der Waals surface area contributed by atoms with E-state index >= 15 is 0 Å². The number of hydrogen-bond acceptors (Lipinski definition) is 6. The number of hydrogen-bond donors (Lipinski definition) is 1. The molecule has 0 bridgehead atoms. The van der Waals surface area contributed by atoms with E-state index in [0.717, 1.165) is 32.4 Å². The third-order valence-electron chi connectivity index (χ3n) is 5.20. The quantitative estimate of drug-likeness (QED) is 0.869. The molecular formula is C19H29N5O3. The molecule has 27 heavy (non-hydrogen) atoms. The lowest BCUT2D eigenvalue weighted by atomic mass is 10.00. The van der Waals surface area contributed by atoms with E-state index in [1.807, 2.05) is 17.9 Å². The van der Waals surface area contributed by atoms with Crippen LogP contribution in [0.4, 0.5) is 10.6 Å². The Labute approximate surface area is 160 Å². The van der Waals surface area contributed by atoms with Crippen molar-refractivity contribution in [2.24, 2.45) is 5.92 Å². The summed E-state index contributed by atoms with van der Waals surface area (Å²) in [5.41, 5.74) is 0.395. The summed E-state index contributed by atoms with van der Waals surface area (Å²) in [6.07, 6.45) is 3.63. The van der Waals surface area contributed by atoms with Crippen molar-refractivity contribution >= 4 is 17.8 Å². The number of carbonyl (C=O) groups is 2. The van der Waals surface area contributed by atoms with Crippen molar-refractivity contribution < 1.29 is 14.3 Å². The van der Waals surface area contributed by atoms with Crippen LogP contribution in [0.15, 0.2) is 12.1 Å². The molecular weight excluding hydrogens is 346 g/mol. The fraction of sp³-hybridized carbons (Fsp3) is 0.684. The second-order valence-electron chi connectivity index (χ2n) is 7.41. The Morgan fingerprint density at radius 3 is 2.56 bits per heavy atom. The molecule has 2 saturated heterocycles. The SMILES string of the molecule is CCOC(=O)N1CCC(Nc2ccc(C(=O)N3CCCC(C)C3)nn2)CC1. The molecule has 3 heterocycles. The number of ether oxygens (including phenoxy) is 1. The minimum Gasteiger partial charge on any atom is -0.450 e. The summed E-state index contributed by atoms with van der Waals surface area (Å²) in [4.78, 5) is 27.9. The molecule has 0 aromatic carbocycles. The first kappa shape index (κ1) is 19.4. The van der Waals surface area contributed by atoms with Crippen LogP contribution < -0.4 is 5.32 Å². The first-order valence-electron chi connectivity index (χ1n) is 9.88. The van der Waals surface area contributed by atoms with E-state index in [1.54, 1.807) is 11.0 Å². The van der Waals surface area contributed by atoms with E-state index in [-0.39, 0.29) is 18.0 Å². The van der Waals surface area contributed by atoms with Crippen molar-refractivity contribution in [2.75, 3.05) is 38.1 Å². The molecule has 2 aliphatic heterocycles. The summed E-state index contributed by atoms with van der Waals surface area (Å²) in [5, 5.41) is 11.6. The smallest absolute Gasteiger partial charge is 0.409 e. The summed E-state index contributed by atoms with van der Waals surface area (Å²) in [7, 11) is 0. The Balaban J connectivity index is 1.50. The molecule has 2 amide bonds. The Morgan fingerprint density at radius 1 is 1.15 bits per heavy atom. The van der Waals surface area contributed by atoms with Gasteiger partial charge in [-0.3, -0.25) is 4.79 Å². The van der Waals surface area contributed by atoms with Gasteiger partial charge in [-0.05, 0) is 50.7 Å². The van der Waals surface area contributed by atoms with Crippen LogP contribution in [0.2, 0.25) is 0 Å². The molecule has 1 N–H and O–H groups in total. The molecule has 1 atom stereocenters. The van der Waals surface area contributed by atoms with Gasteiger partial charge >= 0.3 is 6.09 Å². The maximum absolute atomic E-state index is 12.6. The minimum atomic E-state index is -0.245. The largest absolute Gasteiger partial charge is 0.450 e. The van der Waals surface area contributed by atoms with Crippen LogP contribution in [-0.4, -0.2) is 70.8 Å². The van der Waals surface area contributed by atoms with Gasteiger partial charge in [-0.15, -0.1) is 10.2 Å². The predicted octanol–water partition coefficient (Wildman–Crippen LogP) is 2.38. The average Bonchev–Trinajstić information content (AvgIpc) is 2.69. The van der Waals surface area contributed by atoms with Crippen molar-refractivity contribution in [1.82, 2.24) is 20.0 Å². The van der Waals surface area contributed by atoms with Gasteiger partial charge in [-0.25, -0.2) is 4.79 Å². The third kappa shape index (κ3) is 5.08. The molecule has 1 aromatic heterocycles. The normalized spacial score (nSPS) is 21.0. The first-order valence-corrected chi connectivity index (χ1v) is 9.88. The highest BCUT2D eigenvalue weighted by Gasteiger charge is 2.25. The zero-order valence-electron chi connectivity index (χ0n) is 16.2. The number of piperidine rings is 2. The van der Waals surface area contributed by atoms with Gasteiger partial charge in [0, 0.05) is 32.2 Å². The third-order valence-corrected chi connectivity index (χ3v) is 5.20. The number of likely N-dealkylation sites (tertiary alicyclic amines) is 2. The minimum absolute atomic E-state index is 0.0386. The van der Waals surface area contributed by atoms with Crippen molar-refractivity contribution in [3.8, 4) is 0 Å². The highest BCUT2D eigenvalue weighted by molar-refractivity contribution is 5.92. The number of nitrogens with zero attached hydrogens (tertiary/aromatic N) is 4. The Bertz CT molecular complexity index is 643. The zero-order valence-corrected chi connectivity index (χ0v) is 16.2. The van der Waals surface area contributed by atoms with Crippen molar-refractivity contribution in [1.29, 1.82) is 0 Å². The van der Waals surface area contributed by atoms with Gasteiger partial charge in [-0.2, -0.15) is 0 Å².